The van der Waals surface area contributed by atoms with Gasteiger partial charge in [-0.3, -0.25) is 4.68 Å². The van der Waals surface area contributed by atoms with E-state index in [1.807, 2.05) is 19.3 Å². The maximum Gasteiger partial charge on any atom is 0.153 e. The summed E-state index contributed by atoms with van der Waals surface area (Å²) in [5.41, 5.74) is 3.16. The lowest BCUT2D eigenvalue weighted by Gasteiger charge is -2.15. The van der Waals surface area contributed by atoms with Gasteiger partial charge in [0, 0.05) is 50.5 Å². The Morgan fingerprint density at radius 3 is 2.69 bits per heavy atom. The number of hydrogen-bond acceptors (Lipinski definition) is 6. The Labute approximate surface area is 202 Å². The number of aliphatic hydroxyl groups excluding tert-OH is 1. The van der Waals surface area contributed by atoms with Crippen LogP contribution in [0.1, 0.15) is 17.4 Å². The summed E-state index contributed by atoms with van der Waals surface area (Å²) in [7, 11) is 0.640. The van der Waals surface area contributed by atoms with Crippen LogP contribution in [0, 0.1) is 5.82 Å². The van der Waals surface area contributed by atoms with Crippen molar-refractivity contribution in [2.45, 2.75) is 38.5 Å². The average molecular weight is 494 g/mol. The van der Waals surface area contributed by atoms with Crippen LogP contribution in [-0.4, -0.2) is 53.9 Å². The number of halogens is 1. The van der Waals surface area contributed by atoms with Gasteiger partial charge in [-0.25, -0.2) is 18.6 Å². The minimum Gasteiger partial charge on any atom is -0.382 e. The Hall–Kier alpha value is -3.41. The Morgan fingerprint density at radius 2 is 1.94 bits per heavy atom. The van der Waals surface area contributed by atoms with Crippen LogP contribution in [0.5, 0.6) is 0 Å². The van der Waals surface area contributed by atoms with Crippen LogP contribution in [0.15, 0.2) is 49.1 Å². The van der Waals surface area contributed by atoms with Gasteiger partial charge in [-0.2, -0.15) is 15.3 Å². The van der Waals surface area contributed by atoms with Crippen LogP contribution >= 0.6 is 0 Å². The van der Waals surface area contributed by atoms with E-state index in [-0.39, 0.29) is 12.3 Å². The molecule has 0 aliphatic carbocycles. The van der Waals surface area contributed by atoms with E-state index in [1.165, 1.54) is 16.8 Å². The zero-order valence-corrected chi connectivity index (χ0v) is 21.2. The van der Waals surface area contributed by atoms with Gasteiger partial charge in [0.25, 0.3) is 0 Å². The first-order valence-corrected chi connectivity index (χ1v) is 15.1. The molecule has 0 bridgehead atoms. The summed E-state index contributed by atoms with van der Waals surface area (Å²) >= 11 is 0. The van der Waals surface area contributed by atoms with Crippen LogP contribution in [-0.2, 0) is 18.5 Å². The summed E-state index contributed by atoms with van der Waals surface area (Å²) in [5.74, 6) is -0.535. The molecule has 0 spiro atoms. The molecule has 0 saturated heterocycles. The second-order valence-electron chi connectivity index (χ2n) is 9.90. The van der Waals surface area contributed by atoms with E-state index in [1.54, 1.807) is 33.9 Å². The molecule has 0 aliphatic heterocycles. The Bertz CT molecular complexity index is 1500. The lowest BCUT2D eigenvalue weighted by atomic mass is 10.0. The molecule has 5 aromatic rings. The van der Waals surface area contributed by atoms with Crippen molar-refractivity contribution in [2.75, 3.05) is 6.61 Å². The highest BCUT2D eigenvalue weighted by atomic mass is 28.3. The normalized spacial score (nSPS) is 13.2. The van der Waals surface area contributed by atoms with E-state index < -0.39 is 20.0 Å². The van der Waals surface area contributed by atoms with Gasteiger partial charge in [-0.15, -0.1) is 0 Å². The first-order valence-electron chi connectivity index (χ1n) is 11.4. The maximum atomic E-state index is 15.2. The van der Waals surface area contributed by atoms with E-state index in [9.17, 15) is 5.11 Å². The van der Waals surface area contributed by atoms with Crippen molar-refractivity contribution < 1.29 is 14.2 Å². The molecule has 0 amide bonds. The highest BCUT2D eigenvalue weighted by molar-refractivity contribution is 6.76. The molecule has 4 aromatic heterocycles. The lowest BCUT2D eigenvalue weighted by molar-refractivity contribution is 0.0816. The fourth-order valence-electron chi connectivity index (χ4n) is 3.90. The van der Waals surface area contributed by atoms with Crippen molar-refractivity contribution in [3.8, 4) is 11.3 Å². The summed E-state index contributed by atoms with van der Waals surface area (Å²) in [5, 5.41) is 25.0. The molecule has 9 nitrogen and oxygen atoms in total. The molecule has 0 saturated carbocycles. The summed E-state index contributed by atoms with van der Waals surface area (Å²) in [6, 6.07) is 7.69. The van der Waals surface area contributed by atoms with E-state index in [2.05, 4.69) is 39.9 Å². The van der Waals surface area contributed by atoms with Crippen LogP contribution in [0.3, 0.4) is 0 Å². The van der Waals surface area contributed by atoms with Crippen molar-refractivity contribution in [2.24, 2.45) is 7.05 Å². The van der Waals surface area contributed by atoms with E-state index in [0.29, 0.717) is 34.5 Å². The number of ether oxygens (including phenoxy) is 1. The zero-order chi connectivity index (χ0) is 24.7. The SMILES string of the molecule is Cn1cc(-c2ccc3ncc(C(O)c4cc5cnn(COCC[Si](C)(C)C)c5cc4F)n3n2)cn1. The second-order valence-corrected chi connectivity index (χ2v) is 15.5. The smallest absolute Gasteiger partial charge is 0.153 e. The molecule has 35 heavy (non-hydrogen) atoms. The summed E-state index contributed by atoms with van der Waals surface area (Å²) in [6.07, 6.45) is 5.46. The largest absolute Gasteiger partial charge is 0.382 e. The third-order valence-electron chi connectivity index (χ3n) is 5.93. The quantitative estimate of drug-likeness (QED) is 0.259. The fourth-order valence-corrected chi connectivity index (χ4v) is 4.66. The van der Waals surface area contributed by atoms with Crippen molar-refractivity contribution in [3.63, 3.8) is 0 Å². The molecule has 182 valence electrons. The highest BCUT2D eigenvalue weighted by Gasteiger charge is 2.22. The minimum atomic E-state index is -1.26. The van der Waals surface area contributed by atoms with Crippen LogP contribution in [0.2, 0.25) is 25.7 Å². The minimum absolute atomic E-state index is 0.132. The molecule has 4 heterocycles. The van der Waals surface area contributed by atoms with Gasteiger partial charge in [-0.05, 0) is 24.2 Å². The number of aliphatic hydroxyl groups is 1. The lowest BCUT2D eigenvalue weighted by Crippen LogP contribution is -2.22. The molecule has 1 aromatic carbocycles. The predicted octanol–water partition coefficient (Wildman–Crippen LogP) is 4.01. The van der Waals surface area contributed by atoms with E-state index >= 15 is 4.39 Å². The molecule has 5 rings (SSSR count). The van der Waals surface area contributed by atoms with Gasteiger partial charge in [0.1, 0.15) is 18.7 Å². The Balaban J connectivity index is 1.42. The van der Waals surface area contributed by atoms with Gasteiger partial charge in [0.05, 0.1) is 35.5 Å². The summed E-state index contributed by atoms with van der Waals surface area (Å²) < 4.78 is 25.8. The summed E-state index contributed by atoms with van der Waals surface area (Å²) in [6.45, 7) is 7.78. The van der Waals surface area contributed by atoms with Crippen molar-refractivity contribution in [3.05, 3.63) is 66.1 Å². The number of nitrogens with zero attached hydrogens (tertiary/aromatic N) is 7. The van der Waals surface area contributed by atoms with Crippen molar-refractivity contribution in [1.82, 2.24) is 34.2 Å². The Kier molecular flexibility index (Phi) is 5.99. The fraction of sp³-hybridized carbons (Fsp3) is 0.333. The average Bonchev–Trinajstić information content (AvgIpc) is 3.53. The number of rotatable bonds is 8. The van der Waals surface area contributed by atoms with E-state index in [0.717, 1.165) is 11.6 Å². The van der Waals surface area contributed by atoms with Gasteiger partial charge in [0.2, 0.25) is 0 Å². The van der Waals surface area contributed by atoms with Crippen LogP contribution < -0.4 is 0 Å². The molecule has 1 N–H and O–H groups in total. The predicted molar refractivity (Wildman–Crippen MR) is 133 cm³/mol. The maximum absolute atomic E-state index is 15.2. The molecular formula is C24H28FN7O2Si. The Morgan fingerprint density at radius 1 is 1.11 bits per heavy atom. The van der Waals surface area contributed by atoms with Crippen molar-refractivity contribution in [1.29, 1.82) is 0 Å². The molecule has 0 aliphatic rings. The number of aryl methyl sites for hydroxylation is 1. The molecule has 0 radical (unpaired) electrons. The number of hydrogen-bond donors (Lipinski definition) is 1. The number of benzene rings is 1. The van der Waals surface area contributed by atoms with Gasteiger partial charge in [0.15, 0.2) is 5.65 Å². The first-order chi connectivity index (χ1) is 16.7. The molecule has 0 fully saturated rings. The molecule has 1 unspecified atom stereocenters. The standard InChI is InChI=1S/C24H28FN7O2Si/c1-30-14-17(12-27-30)20-5-6-23-26-13-22(32(23)29-20)24(33)18-9-16-11-28-31(21(16)10-19(18)25)15-34-7-8-35(2,3)4/h5-6,9-14,24,33H,7-8,15H2,1-4H3. The first kappa shape index (κ1) is 23.3. The van der Waals surface area contributed by atoms with Gasteiger partial charge >= 0.3 is 0 Å². The number of aromatic nitrogens is 7. The van der Waals surface area contributed by atoms with Crippen molar-refractivity contribution >= 4 is 24.6 Å². The van der Waals surface area contributed by atoms with Gasteiger partial charge < -0.3 is 9.84 Å². The highest BCUT2D eigenvalue weighted by Crippen LogP contribution is 2.29. The monoisotopic (exact) mass is 493 g/mol. The van der Waals surface area contributed by atoms with Crippen LogP contribution in [0.4, 0.5) is 4.39 Å². The van der Waals surface area contributed by atoms with E-state index in [4.69, 9.17) is 4.74 Å². The number of imidazole rings is 1. The topological polar surface area (TPSA) is 95.3 Å². The zero-order valence-electron chi connectivity index (χ0n) is 20.2. The third-order valence-corrected chi connectivity index (χ3v) is 7.64. The van der Waals surface area contributed by atoms with Crippen LogP contribution in [0.25, 0.3) is 27.8 Å². The molecular weight excluding hydrogens is 465 g/mol. The molecule has 1 atom stereocenters. The third kappa shape index (κ3) is 4.74. The summed E-state index contributed by atoms with van der Waals surface area (Å²) in [4.78, 5) is 4.33. The second kappa shape index (κ2) is 8.99. The van der Waals surface area contributed by atoms with Gasteiger partial charge in [-0.1, -0.05) is 19.6 Å². The number of fused-ring (bicyclic) bond motifs is 2. The molecule has 11 heteroatoms.